The van der Waals surface area contributed by atoms with Crippen molar-refractivity contribution < 1.29 is 9.59 Å². The minimum atomic E-state index is -0.131. The highest BCUT2D eigenvalue weighted by Gasteiger charge is 2.26. The Kier molecular flexibility index (Phi) is 5.74. The highest BCUT2D eigenvalue weighted by molar-refractivity contribution is 6.30. The molecule has 1 fully saturated rings. The molecule has 1 aliphatic heterocycles. The molecule has 2 atom stereocenters. The number of nitrogens with zero attached hydrogens (tertiary/aromatic N) is 2. The first-order valence-electron chi connectivity index (χ1n) is 8.96. The van der Waals surface area contributed by atoms with Crippen molar-refractivity contribution in [3.05, 3.63) is 34.9 Å². The topological polar surface area (TPSA) is 61.8 Å². The number of amides is 2. The van der Waals surface area contributed by atoms with E-state index in [2.05, 4.69) is 17.3 Å². The van der Waals surface area contributed by atoms with Crippen LogP contribution in [0.15, 0.2) is 29.4 Å². The Hall–Kier alpha value is -1.88. The van der Waals surface area contributed by atoms with Crippen LogP contribution < -0.4 is 5.32 Å². The molecule has 1 N–H and O–H groups in total. The number of halogens is 1. The van der Waals surface area contributed by atoms with Crippen molar-refractivity contribution in [2.24, 2.45) is 11.0 Å². The first-order valence-corrected chi connectivity index (χ1v) is 9.34. The largest absolute Gasteiger partial charge is 0.351 e. The molecule has 1 aromatic rings. The molecule has 0 spiro atoms. The van der Waals surface area contributed by atoms with Crippen LogP contribution in [0.2, 0.25) is 5.02 Å². The summed E-state index contributed by atoms with van der Waals surface area (Å²) in [5.74, 6) is 0.251. The van der Waals surface area contributed by atoms with E-state index in [0.29, 0.717) is 23.8 Å². The molecule has 6 heteroatoms. The summed E-state index contributed by atoms with van der Waals surface area (Å²) in [6.45, 7) is 2.16. The summed E-state index contributed by atoms with van der Waals surface area (Å²) in [6, 6.07) is 7.59. The van der Waals surface area contributed by atoms with E-state index in [1.54, 1.807) is 12.1 Å². The maximum atomic E-state index is 12.4. The molecular formula is C19H24ClN3O2. The molecule has 0 aromatic heterocycles. The van der Waals surface area contributed by atoms with Gasteiger partial charge in [-0.1, -0.05) is 43.5 Å². The number of nitrogens with one attached hydrogen (secondary N) is 1. The van der Waals surface area contributed by atoms with Crippen LogP contribution in [-0.2, 0) is 9.59 Å². The van der Waals surface area contributed by atoms with Crippen molar-refractivity contribution in [3.63, 3.8) is 0 Å². The Morgan fingerprint density at radius 3 is 2.68 bits per heavy atom. The minimum Gasteiger partial charge on any atom is -0.351 e. The Morgan fingerprint density at radius 1 is 1.24 bits per heavy atom. The number of carbonyl (C=O) groups is 2. The maximum Gasteiger partial charge on any atom is 0.243 e. The zero-order chi connectivity index (χ0) is 17.8. The first-order chi connectivity index (χ1) is 12.0. The van der Waals surface area contributed by atoms with Crippen LogP contribution in [0.5, 0.6) is 0 Å². The molecule has 134 valence electrons. The molecule has 1 saturated carbocycles. The predicted octanol–water partition coefficient (Wildman–Crippen LogP) is 3.36. The third-order valence-electron chi connectivity index (χ3n) is 5.03. The van der Waals surface area contributed by atoms with Crippen molar-refractivity contribution in [2.75, 3.05) is 6.54 Å². The highest BCUT2D eigenvalue weighted by Crippen LogP contribution is 2.24. The van der Waals surface area contributed by atoms with Crippen LogP contribution in [0, 0.1) is 5.92 Å². The SMILES string of the molecule is C[C@@H]1CCCC[C@@H]1NC(=O)CN1N=C(c2ccc(Cl)cc2)CCC1=O. The van der Waals surface area contributed by atoms with Gasteiger partial charge >= 0.3 is 0 Å². The number of hydrogen-bond donors (Lipinski definition) is 1. The van der Waals surface area contributed by atoms with E-state index >= 15 is 0 Å². The summed E-state index contributed by atoms with van der Waals surface area (Å²) in [5, 5.41) is 9.45. The van der Waals surface area contributed by atoms with Crippen LogP contribution in [0.1, 0.15) is 51.0 Å². The summed E-state index contributed by atoms with van der Waals surface area (Å²) in [4.78, 5) is 24.5. The van der Waals surface area contributed by atoms with Gasteiger partial charge in [-0.15, -0.1) is 0 Å². The molecule has 2 amide bonds. The van der Waals surface area contributed by atoms with Crippen molar-refractivity contribution in [1.82, 2.24) is 10.3 Å². The van der Waals surface area contributed by atoms with Gasteiger partial charge in [0.1, 0.15) is 6.54 Å². The average molecular weight is 362 g/mol. The van der Waals surface area contributed by atoms with Gasteiger partial charge in [-0.2, -0.15) is 5.10 Å². The fraction of sp³-hybridized carbons (Fsp3) is 0.526. The third-order valence-corrected chi connectivity index (χ3v) is 5.29. The van der Waals surface area contributed by atoms with E-state index in [1.807, 2.05) is 12.1 Å². The van der Waals surface area contributed by atoms with Crippen molar-refractivity contribution >= 4 is 29.1 Å². The Balaban J connectivity index is 1.65. The summed E-state index contributed by atoms with van der Waals surface area (Å²) in [5.41, 5.74) is 1.75. The van der Waals surface area contributed by atoms with Gasteiger partial charge in [-0.25, -0.2) is 5.01 Å². The summed E-state index contributed by atoms with van der Waals surface area (Å²) in [7, 11) is 0. The number of carbonyl (C=O) groups excluding carboxylic acids is 2. The Morgan fingerprint density at radius 2 is 1.96 bits per heavy atom. The molecule has 1 heterocycles. The quantitative estimate of drug-likeness (QED) is 0.893. The van der Waals surface area contributed by atoms with Crippen LogP contribution in [-0.4, -0.2) is 35.1 Å². The second-order valence-corrected chi connectivity index (χ2v) is 7.38. The molecule has 1 aliphatic carbocycles. The average Bonchev–Trinajstić information content (AvgIpc) is 2.60. The molecule has 2 aliphatic rings. The Labute approximate surface area is 153 Å². The molecule has 0 saturated heterocycles. The molecule has 1 aromatic carbocycles. The van der Waals surface area contributed by atoms with Crippen LogP contribution >= 0.6 is 11.6 Å². The van der Waals surface area contributed by atoms with Gasteiger partial charge in [-0.3, -0.25) is 9.59 Å². The number of hydrazone groups is 1. The lowest BCUT2D eigenvalue weighted by Crippen LogP contribution is -2.46. The van der Waals surface area contributed by atoms with Gasteiger partial charge in [0.05, 0.1) is 5.71 Å². The van der Waals surface area contributed by atoms with E-state index in [1.165, 1.54) is 11.4 Å². The molecule has 0 unspecified atom stereocenters. The van der Waals surface area contributed by atoms with E-state index in [4.69, 9.17) is 11.6 Å². The predicted molar refractivity (Wildman–Crippen MR) is 98.5 cm³/mol. The second-order valence-electron chi connectivity index (χ2n) is 6.94. The molecule has 0 radical (unpaired) electrons. The fourth-order valence-corrected chi connectivity index (χ4v) is 3.62. The minimum absolute atomic E-state index is 0.0147. The first kappa shape index (κ1) is 17.9. The second kappa shape index (κ2) is 8.00. The molecule has 3 rings (SSSR count). The van der Waals surface area contributed by atoms with Crippen molar-refractivity contribution in [2.45, 2.75) is 51.5 Å². The molecule has 5 nitrogen and oxygen atoms in total. The molecule has 25 heavy (non-hydrogen) atoms. The summed E-state index contributed by atoms with van der Waals surface area (Å²) < 4.78 is 0. The van der Waals surface area contributed by atoms with E-state index in [0.717, 1.165) is 30.5 Å². The molecule has 0 bridgehead atoms. The zero-order valence-electron chi connectivity index (χ0n) is 14.5. The standard InChI is InChI=1S/C19H24ClN3O2/c1-13-4-2-3-5-16(13)21-18(24)12-23-19(25)11-10-17(22-23)14-6-8-15(20)9-7-14/h6-9,13,16H,2-5,10-12H2,1H3,(H,21,24)/t13-,16+/m1/s1. The van der Waals surface area contributed by atoms with Gasteiger partial charge in [0.15, 0.2) is 0 Å². The van der Waals surface area contributed by atoms with E-state index in [-0.39, 0.29) is 24.4 Å². The normalized spacial score (nSPS) is 24.0. The van der Waals surface area contributed by atoms with Crippen LogP contribution in [0.4, 0.5) is 0 Å². The lowest BCUT2D eigenvalue weighted by Gasteiger charge is -2.30. The maximum absolute atomic E-state index is 12.4. The van der Waals surface area contributed by atoms with Crippen molar-refractivity contribution in [3.8, 4) is 0 Å². The summed E-state index contributed by atoms with van der Waals surface area (Å²) >= 11 is 5.92. The van der Waals surface area contributed by atoms with Gasteiger partial charge in [0, 0.05) is 23.9 Å². The van der Waals surface area contributed by atoms with E-state index in [9.17, 15) is 9.59 Å². The van der Waals surface area contributed by atoms with Gasteiger partial charge in [-0.05, 0) is 36.5 Å². The number of hydrogen-bond acceptors (Lipinski definition) is 3. The van der Waals surface area contributed by atoms with Gasteiger partial charge in [0.25, 0.3) is 0 Å². The van der Waals surface area contributed by atoms with Crippen LogP contribution in [0.3, 0.4) is 0 Å². The third kappa shape index (κ3) is 4.60. The monoisotopic (exact) mass is 361 g/mol. The van der Waals surface area contributed by atoms with Crippen LogP contribution in [0.25, 0.3) is 0 Å². The lowest BCUT2D eigenvalue weighted by atomic mass is 9.86. The zero-order valence-corrected chi connectivity index (χ0v) is 15.3. The number of benzene rings is 1. The Bertz CT molecular complexity index is 672. The summed E-state index contributed by atoms with van der Waals surface area (Å²) in [6.07, 6.45) is 5.49. The smallest absolute Gasteiger partial charge is 0.243 e. The van der Waals surface area contributed by atoms with Gasteiger partial charge in [0.2, 0.25) is 11.8 Å². The fourth-order valence-electron chi connectivity index (χ4n) is 3.49. The lowest BCUT2D eigenvalue weighted by molar-refractivity contribution is -0.136. The van der Waals surface area contributed by atoms with Crippen molar-refractivity contribution in [1.29, 1.82) is 0 Å². The number of rotatable bonds is 4. The van der Waals surface area contributed by atoms with Gasteiger partial charge < -0.3 is 5.32 Å². The van der Waals surface area contributed by atoms with E-state index < -0.39 is 0 Å². The highest BCUT2D eigenvalue weighted by atomic mass is 35.5. The molecular weight excluding hydrogens is 338 g/mol.